The third kappa shape index (κ3) is 3.27. The monoisotopic (exact) mass is 265 g/mol. The summed E-state index contributed by atoms with van der Waals surface area (Å²) in [7, 11) is -3.81. The molecule has 0 amide bonds. The number of aliphatic hydroxyl groups excluding tert-OH is 1. The Bertz CT molecular complexity index is 439. The number of hydrogen-bond donors (Lipinski definition) is 3. The van der Waals surface area contributed by atoms with E-state index in [1.165, 1.54) is 6.07 Å². The van der Waals surface area contributed by atoms with Gasteiger partial charge in [0, 0.05) is 6.61 Å². The van der Waals surface area contributed by atoms with Gasteiger partial charge in [0.15, 0.2) is 0 Å². The van der Waals surface area contributed by atoms with Gasteiger partial charge in [-0.15, -0.1) is 11.3 Å². The van der Waals surface area contributed by atoms with Gasteiger partial charge in [0.25, 0.3) is 10.0 Å². The summed E-state index contributed by atoms with van der Waals surface area (Å²) in [6, 6.07) is 1.63. The van der Waals surface area contributed by atoms with E-state index in [1.807, 2.05) is 4.72 Å². The lowest BCUT2D eigenvalue weighted by Crippen LogP contribution is -2.41. The summed E-state index contributed by atoms with van der Waals surface area (Å²) in [5.74, 6) is -1.31. The molecule has 1 atom stereocenters. The largest absolute Gasteiger partial charge is 0.480 e. The first-order valence-corrected chi connectivity index (χ1v) is 6.73. The van der Waals surface area contributed by atoms with Crippen molar-refractivity contribution in [1.82, 2.24) is 4.72 Å². The molecule has 1 heterocycles. The zero-order valence-corrected chi connectivity index (χ0v) is 9.79. The van der Waals surface area contributed by atoms with E-state index in [-0.39, 0.29) is 10.6 Å². The zero-order valence-electron chi connectivity index (χ0n) is 8.16. The van der Waals surface area contributed by atoms with Crippen LogP contribution in [0.3, 0.4) is 0 Å². The molecule has 6 nitrogen and oxygen atoms in total. The van der Waals surface area contributed by atoms with Crippen LogP contribution >= 0.6 is 11.3 Å². The van der Waals surface area contributed by atoms with Gasteiger partial charge in [-0.2, -0.15) is 4.72 Å². The molecule has 90 valence electrons. The number of sulfonamides is 1. The highest BCUT2D eigenvalue weighted by atomic mass is 32.2. The van der Waals surface area contributed by atoms with Crippen molar-refractivity contribution < 1.29 is 23.4 Å². The minimum atomic E-state index is -3.81. The van der Waals surface area contributed by atoms with Crippen molar-refractivity contribution in [3.8, 4) is 0 Å². The van der Waals surface area contributed by atoms with Crippen molar-refractivity contribution in [1.29, 1.82) is 0 Å². The number of aliphatic hydroxyl groups is 1. The summed E-state index contributed by atoms with van der Waals surface area (Å²) in [6.45, 7) is -0.399. The molecule has 0 spiro atoms. The zero-order chi connectivity index (χ0) is 12.2. The fraction of sp³-hybridized carbons (Fsp3) is 0.375. The minimum Gasteiger partial charge on any atom is -0.480 e. The number of carboxylic acid groups (broad SMARTS) is 1. The number of hydrogen-bond acceptors (Lipinski definition) is 5. The fourth-order valence-electron chi connectivity index (χ4n) is 1.02. The van der Waals surface area contributed by atoms with E-state index in [0.29, 0.717) is 0 Å². The Morgan fingerprint density at radius 1 is 1.56 bits per heavy atom. The second-order valence-corrected chi connectivity index (χ2v) is 5.84. The average Bonchev–Trinajstić information content (AvgIpc) is 2.69. The van der Waals surface area contributed by atoms with Crippen LogP contribution in [0, 0.1) is 0 Å². The van der Waals surface area contributed by atoms with Crippen LogP contribution < -0.4 is 4.72 Å². The summed E-state index contributed by atoms with van der Waals surface area (Å²) >= 11 is 0.996. The predicted octanol–water partition coefficient (Wildman–Crippen LogP) is -0.138. The molecule has 0 aliphatic heterocycles. The number of thiophene rings is 1. The van der Waals surface area contributed by atoms with E-state index in [1.54, 1.807) is 11.4 Å². The Hall–Kier alpha value is -0.960. The molecule has 0 aromatic carbocycles. The molecule has 0 saturated heterocycles. The molecule has 1 unspecified atom stereocenters. The van der Waals surface area contributed by atoms with E-state index in [0.717, 1.165) is 11.3 Å². The summed E-state index contributed by atoms with van der Waals surface area (Å²) in [5, 5.41) is 18.9. The topological polar surface area (TPSA) is 104 Å². The Labute approximate surface area is 96.6 Å². The van der Waals surface area contributed by atoms with Gasteiger partial charge in [-0.25, -0.2) is 8.42 Å². The standard InChI is InChI=1S/C8H11NO5S2/c10-4-3-6(8(11)12)9-16(13,14)7-2-1-5-15-7/h1-2,5-6,9-10H,3-4H2,(H,11,12). The van der Waals surface area contributed by atoms with Gasteiger partial charge in [0.2, 0.25) is 0 Å². The van der Waals surface area contributed by atoms with Crippen LogP contribution in [0.25, 0.3) is 0 Å². The van der Waals surface area contributed by atoms with Crippen molar-refractivity contribution in [2.75, 3.05) is 6.61 Å². The fourth-order valence-corrected chi connectivity index (χ4v) is 3.26. The smallest absolute Gasteiger partial charge is 0.321 e. The summed E-state index contributed by atoms with van der Waals surface area (Å²) < 4.78 is 25.3. The van der Waals surface area contributed by atoms with Crippen molar-refractivity contribution in [2.24, 2.45) is 0 Å². The maximum absolute atomic E-state index is 11.6. The van der Waals surface area contributed by atoms with Crippen LogP contribution in [0.4, 0.5) is 0 Å². The highest BCUT2D eigenvalue weighted by molar-refractivity contribution is 7.91. The molecule has 0 bridgehead atoms. The number of carboxylic acids is 1. The molecule has 1 aromatic heterocycles. The minimum absolute atomic E-state index is 0.0525. The van der Waals surface area contributed by atoms with Crippen molar-refractivity contribution >= 4 is 27.3 Å². The first-order chi connectivity index (χ1) is 7.47. The van der Waals surface area contributed by atoms with Gasteiger partial charge in [0.05, 0.1) is 0 Å². The molecule has 3 N–H and O–H groups in total. The lowest BCUT2D eigenvalue weighted by atomic mass is 10.2. The van der Waals surface area contributed by atoms with Crippen molar-refractivity contribution in [2.45, 2.75) is 16.7 Å². The van der Waals surface area contributed by atoms with Crippen LogP contribution in [0.5, 0.6) is 0 Å². The van der Waals surface area contributed by atoms with E-state index >= 15 is 0 Å². The Kier molecular flexibility index (Phi) is 4.42. The summed E-state index contributed by atoms with van der Waals surface area (Å²) in [4.78, 5) is 10.7. The second-order valence-electron chi connectivity index (χ2n) is 2.96. The predicted molar refractivity (Wildman–Crippen MR) is 57.8 cm³/mol. The van der Waals surface area contributed by atoms with E-state index in [2.05, 4.69) is 0 Å². The molecule has 0 aliphatic rings. The lowest BCUT2D eigenvalue weighted by Gasteiger charge is -2.12. The molecule has 0 saturated carbocycles. The molecule has 0 radical (unpaired) electrons. The highest BCUT2D eigenvalue weighted by Crippen LogP contribution is 2.16. The lowest BCUT2D eigenvalue weighted by molar-refractivity contribution is -0.139. The van der Waals surface area contributed by atoms with Gasteiger partial charge < -0.3 is 10.2 Å². The van der Waals surface area contributed by atoms with Crippen LogP contribution in [-0.4, -0.2) is 37.2 Å². The number of rotatable bonds is 6. The maximum Gasteiger partial charge on any atom is 0.321 e. The molecule has 0 aliphatic carbocycles. The molecular weight excluding hydrogens is 254 g/mol. The quantitative estimate of drug-likeness (QED) is 0.664. The van der Waals surface area contributed by atoms with E-state index in [4.69, 9.17) is 10.2 Å². The van der Waals surface area contributed by atoms with Gasteiger partial charge >= 0.3 is 5.97 Å². The van der Waals surface area contributed by atoms with Crippen LogP contribution in [0.1, 0.15) is 6.42 Å². The van der Waals surface area contributed by atoms with Gasteiger partial charge in [-0.05, 0) is 17.9 Å². The van der Waals surface area contributed by atoms with E-state index in [9.17, 15) is 13.2 Å². The van der Waals surface area contributed by atoms with Crippen LogP contribution in [-0.2, 0) is 14.8 Å². The van der Waals surface area contributed by atoms with Crippen molar-refractivity contribution in [3.05, 3.63) is 17.5 Å². The normalized spacial score (nSPS) is 13.6. The molecule has 1 rings (SSSR count). The molecule has 8 heteroatoms. The number of nitrogens with one attached hydrogen (secondary N) is 1. The van der Waals surface area contributed by atoms with Gasteiger partial charge in [0.1, 0.15) is 10.3 Å². The van der Waals surface area contributed by atoms with Crippen LogP contribution in [0.15, 0.2) is 21.7 Å². The molecule has 0 fully saturated rings. The first kappa shape index (κ1) is 13.1. The van der Waals surface area contributed by atoms with Gasteiger partial charge in [-0.3, -0.25) is 4.79 Å². The number of carbonyl (C=O) groups is 1. The maximum atomic E-state index is 11.6. The van der Waals surface area contributed by atoms with E-state index < -0.39 is 28.6 Å². The third-order valence-corrected chi connectivity index (χ3v) is 4.64. The second kappa shape index (κ2) is 5.39. The molecule has 1 aromatic rings. The Morgan fingerprint density at radius 3 is 2.69 bits per heavy atom. The number of aliphatic carboxylic acids is 1. The summed E-state index contributed by atoms with van der Waals surface area (Å²) in [6.07, 6.45) is -0.167. The molecular formula is C8H11NO5S2. The van der Waals surface area contributed by atoms with Gasteiger partial charge in [-0.1, -0.05) is 6.07 Å². The Balaban J connectivity index is 2.82. The first-order valence-electron chi connectivity index (χ1n) is 4.37. The van der Waals surface area contributed by atoms with Crippen molar-refractivity contribution in [3.63, 3.8) is 0 Å². The highest BCUT2D eigenvalue weighted by Gasteiger charge is 2.25. The third-order valence-electron chi connectivity index (χ3n) is 1.77. The molecule has 16 heavy (non-hydrogen) atoms. The summed E-state index contributed by atoms with van der Waals surface area (Å²) in [5.41, 5.74) is 0. The Morgan fingerprint density at radius 2 is 2.25 bits per heavy atom. The average molecular weight is 265 g/mol. The SMILES string of the molecule is O=C(O)C(CCO)NS(=O)(=O)c1cccs1. The van der Waals surface area contributed by atoms with Crippen LogP contribution in [0.2, 0.25) is 0 Å².